The Morgan fingerprint density at radius 1 is 1.20 bits per heavy atom. The van der Waals surface area contributed by atoms with Crippen molar-refractivity contribution < 1.29 is 18.3 Å². The van der Waals surface area contributed by atoms with Crippen LogP contribution in [0.2, 0.25) is 0 Å². The van der Waals surface area contributed by atoms with E-state index in [1.807, 2.05) is 0 Å². The Morgan fingerprint density at radius 3 is 2.60 bits per heavy atom. The zero-order valence-electron chi connectivity index (χ0n) is 10.5. The number of ether oxygens (including phenoxy) is 1. The highest BCUT2D eigenvalue weighted by molar-refractivity contribution is 9.10. The van der Waals surface area contributed by atoms with E-state index in [-0.39, 0.29) is 16.3 Å². The summed E-state index contributed by atoms with van der Waals surface area (Å²) in [4.78, 5) is 0.0703. The van der Waals surface area contributed by atoms with Gasteiger partial charge in [0.1, 0.15) is 11.5 Å². The summed E-state index contributed by atoms with van der Waals surface area (Å²) in [6, 6.07) is 10.3. The average molecular weight is 358 g/mol. The van der Waals surface area contributed by atoms with Crippen LogP contribution in [0.1, 0.15) is 0 Å². The zero-order chi connectivity index (χ0) is 14.8. The Hall–Kier alpha value is -1.73. The van der Waals surface area contributed by atoms with Gasteiger partial charge in [-0.05, 0) is 40.2 Å². The molecule has 0 aliphatic carbocycles. The Balaban J connectivity index is 2.35. The van der Waals surface area contributed by atoms with Crippen LogP contribution >= 0.6 is 15.9 Å². The SMILES string of the molecule is COc1cc(S(=O)(=O)Nc2cccc(O)c2)ccc1Br. The second-order valence-electron chi connectivity index (χ2n) is 3.95. The minimum atomic E-state index is -3.74. The molecule has 7 heteroatoms. The molecular formula is C13H12BrNO4S. The standard InChI is InChI=1S/C13H12BrNO4S/c1-19-13-8-11(5-6-12(13)14)20(17,18)15-9-3-2-4-10(16)7-9/h2-8,15-16H,1H3. The van der Waals surface area contributed by atoms with E-state index in [0.29, 0.717) is 10.2 Å². The Kier molecular flexibility index (Phi) is 4.20. The predicted molar refractivity (Wildman–Crippen MR) is 79.6 cm³/mol. The van der Waals surface area contributed by atoms with Gasteiger partial charge >= 0.3 is 0 Å². The second-order valence-corrected chi connectivity index (χ2v) is 6.49. The summed E-state index contributed by atoms with van der Waals surface area (Å²) in [7, 11) is -2.28. The molecule has 2 N–H and O–H groups in total. The lowest BCUT2D eigenvalue weighted by molar-refractivity contribution is 0.411. The Morgan fingerprint density at radius 2 is 1.95 bits per heavy atom. The fraction of sp³-hybridized carbons (Fsp3) is 0.0769. The van der Waals surface area contributed by atoms with Gasteiger partial charge in [0, 0.05) is 12.1 Å². The third-order valence-corrected chi connectivity index (χ3v) is 4.57. The van der Waals surface area contributed by atoms with Crippen LogP contribution < -0.4 is 9.46 Å². The van der Waals surface area contributed by atoms with Crippen LogP contribution in [0.3, 0.4) is 0 Å². The van der Waals surface area contributed by atoms with Gasteiger partial charge in [0.2, 0.25) is 0 Å². The van der Waals surface area contributed by atoms with Crippen molar-refractivity contribution in [1.82, 2.24) is 0 Å². The van der Waals surface area contributed by atoms with Crippen molar-refractivity contribution >= 4 is 31.6 Å². The van der Waals surface area contributed by atoms with Crippen molar-refractivity contribution in [3.8, 4) is 11.5 Å². The highest BCUT2D eigenvalue weighted by atomic mass is 79.9. The molecule has 0 amide bonds. The lowest BCUT2D eigenvalue weighted by Gasteiger charge is -2.10. The van der Waals surface area contributed by atoms with Crippen LogP contribution in [0.5, 0.6) is 11.5 Å². The smallest absolute Gasteiger partial charge is 0.262 e. The van der Waals surface area contributed by atoms with Gasteiger partial charge in [0.05, 0.1) is 22.2 Å². The average Bonchev–Trinajstić information content (AvgIpc) is 2.38. The van der Waals surface area contributed by atoms with Gasteiger partial charge in [0.15, 0.2) is 0 Å². The minimum Gasteiger partial charge on any atom is -0.508 e. The third-order valence-electron chi connectivity index (χ3n) is 2.53. The van der Waals surface area contributed by atoms with Crippen molar-refractivity contribution in [2.45, 2.75) is 4.90 Å². The van der Waals surface area contributed by atoms with Gasteiger partial charge in [-0.15, -0.1) is 0 Å². The van der Waals surface area contributed by atoms with E-state index in [9.17, 15) is 13.5 Å². The molecule has 0 atom stereocenters. The van der Waals surface area contributed by atoms with Crippen LogP contribution in [0, 0.1) is 0 Å². The number of sulfonamides is 1. The summed E-state index contributed by atoms with van der Waals surface area (Å²) in [5, 5.41) is 9.34. The molecule has 0 aliphatic rings. The fourth-order valence-corrected chi connectivity index (χ4v) is 3.06. The maximum Gasteiger partial charge on any atom is 0.262 e. The first-order valence-corrected chi connectivity index (χ1v) is 7.85. The van der Waals surface area contributed by atoms with E-state index in [4.69, 9.17) is 4.74 Å². The van der Waals surface area contributed by atoms with Crippen LogP contribution in [-0.4, -0.2) is 20.6 Å². The summed E-state index contributed by atoms with van der Waals surface area (Å²) in [5.41, 5.74) is 0.284. The van der Waals surface area contributed by atoms with E-state index in [1.165, 1.54) is 31.4 Å². The molecule has 0 aliphatic heterocycles. The molecule has 0 saturated heterocycles. The Bertz CT molecular complexity index is 731. The molecule has 0 bridgehead atoms. The van der Waals surface area contributed by atoms with Gasteiger partial charge in [-0.2, -0.15) is 0 Å². The van der Waals surface area contributed by atoms with Crippen LogP contribution in [0.15, 0.2) is 51.8 Å². The molecular weight excluding hydrogens is 346 g/mol. The van der Waals surface area contributed by atoms with Crippen molar-refractivity contribution in [3.63, 3.8) is 0 Å². The van der Waals surface area contributed by atoms with Crippen molar-refractivity contribution in [2.24, 2.45) is 0 Å². The van der Waals surface area contributed by atoms with Crippen LogP contribution in [0.4, 0.5) is 5.69 Å². The number of phenols is 1. The molecule has 2 aromatic carbocycles. The van der Waals surface area contributed by atoms with Gasteiger partial charge in [-0.1, -0.05) is 6.07 Å². The largest absolute Gasteiger partial charge is 0.508 e. The van der Waals surface area contributed by atoms with E-state index < -0.39 is 10.0 Å². The molecule has 2 rings (SSSR count). The summed E-state index contributed by atoms with van der Waals surface area (Å²) < 4.78 is 32.6. The van der Waals surface area contributed by atoms with E-state index in [2.05, 4.69) is 20.7 Å². The number of rotatable bonds is 4. The molecule has 0 heterocycles. The fourth-order valence-electron chi connectivity index (χ4n) is 1.59. The highest BCUT2D eigenvalue weighted by Gasteiger charge is 2.16. The molecule has 106 valence electrons. The van der Waals surface area contributed by atoms with Crippen molar-refractivity contribution in [1.29, 1.82) is 0 Å². The normalized spacial score (nSPS) is 11.1. The maximum atomic E-state index is 12.2. The number of phenolic OH excluding ortho intramolecular Hbond substituents is 1. The number of aromatic hydroxyl groups is 1. The monoisotopic (exact) mass is 357 g/mol. The van der Waals surface area contributed by atoms with E-state index >= 15 is 0 Å². The predicted octanol–water partition coefficient (Wildman–Crippen LogP) is 2.96. The van der Waals surface area contributed by atoms with Gasteiger partial charge < -0.3 is 9.84 Å². The van der Waals surface area contributed by atoms with Crippen molar-refractivity contribution in [3.05, 3.63) is 46.9 Å². The number of methoxy groups -OCH3 is 1. The Labute approximate surface area is 125 Å². The molecule has 2 aromatic rings. The number of hydrogen-bond donors (Lipinski definition) is 2. The maximum absolute atomic E-state index is 12.2. The van der Waals surface area contributed by atoms with Gasteiger partial charge in [0.25, 0.3) is 10.0 Å². The first-order valence-electron chi connectivity index (χ1n) is 5.58. The third kappa shape index (κ3) is 3.23. The molecule has 0 aromatic heterocycles. The van der Waals surface area contributed by atoms with Crippen LogP contribution in [0.25, 0.3) is 0 Å². The lowest BCUT2D eigenvalue weighted by Crippen LogP contribution is -2.13. The van der Waals surface area contributed by atoms with Crippen LogP contribution in [-0.2, 0) is 10.0 Å². The molecule has 0 unspecified atom stereocenters. The lowest BCUT2D eigenvalue weighted by atomic mass is 10.3. The summed E-state index contributed by atoms with van der Waals surface area (Å²) in [6.45, 7) is 0. The first-order chi connectivity index (χ1) is 9.42. The van der Waals surface area contributed by atoms with E-state index in [0.717, 1.165) is 0 Å². The second kappa shape index (κ2) is 5.72. The summed E-state index contributed by atoms with van der Waals surface area (Å²) in [5.74, 6) is 0.405. The first kappa shape index (κ1) is 14.7. The number of halogens is 1. The highest BCUT2D eigenvalue weighted by Crippen LogP contribution is 2.28. The quantitative estimate of drug-likeness (QED) is 0.881. The number of benzene rings is 2. The molecule has 0 radical (unpaired) electrons. The summed E-state index contributed by atoms with van der Waals surface area (Å²) in [6.07, 6.45) is 0. The molecule has 5 nitrogen and oxygen atoms in total. The zero-order valence-corrected chi connectivity index (χ0v) is 12.9. The molecule has 0 saturated carbocycles. The van der Waals surface area contributed by atoms with E-state index in [1.54, 1.807) is 18.2 Å². The number of hydrogen-bond acceptors (Lipinski definition) is 4. The van der Waals surface area contributed by atoms with Gasteiger partial charge in [-0.3, -0.25) is 4.72 Å². The minimum absolute atomic E-state index is 0.0152. The molecule has 0 fully saturated rings. The topological polar surface area (TPSA) is 75.6 Å². The van der Waals surface area contributed by atoms with Crippen molar-refractivity contribution in [2.75, 3.05) is 11.8 Å². The molecule has 20 heavy (non-hydrogen) atoms. The van der Waals surface area contributed by atoms with Gasteiger partial charge in [-0.25, -0.2) is 8.42 Å². The molecule has 0 spiro atoms. The number of nitrogens with one attached hydrogen (secondary N) is 1. The summed E-state index contributed by atoms with van der Waals surface area (Å²) >= 11 is 3.26. The number of anilines is 1.